The van der Waals surface area contributed by atoms with E-state index in [4.69, 9.17) is 23.2 Å². The van der Waals surface area contributed by atoms with E-state index < -0.39 is 0 Å². The fourth-order valence-electron chi connectivity index (χ4n) is 1.26. The van der Waals surface area contributed by atoms with Gasteiger partial charge in [0.15, 0.2) is 0 Å². The number of thiophene rings is 1. The molecule has 1 aromatic heterocycles. The highest BCUT2D eigenvalue weighted by Crippen LogP contribution is 2.35. The molecule has 0 amide bonds. The molecule has 0 spiro atoms. The van der Waals surface area contributed by atoms with E-state index in [0.29, 0.717) is 0 Å². The Labute approximate surface area is 111 Å². The molecule has 4 heteroatoms. The fraction of sp³-hybridized carbons (Fsp3) is 0.0909. The maximum atomic E-state index is 6.34. The van der Waals surface area contributed by atoms with Crippen LogP contribution >= 0.6 is 50.5 Å². The smallest absolute Gasteiger partial charge is 0.0928 e. The zero-order chi connectivity index (χ0) is 10.8. The lowest BCUT2D eigenvalue weighted by molar-refractivity contribution is 1.18. The normalized spacial score (nSPS) is 12.7. The summed E-state index contributed by atoms with van der Waals surface area (Å²) in [5.74, 6) is 0. The molecule has 0 nitrogen and oxygen atoms in total. The molecule has 2 rings (SSSR count). The zero-order valence-electron chi connectivity index (χ0n) is 7.58. The first kappa shape index (κ1) is 11.5. The minimum absolute atomic E-state index is 0.0985. The third-order valence-electron chi connectivity index (χ3n) is 2.01. The molecule has 0 aliphatic heterocycles. The van der Waals surface area contributed by atoms with Crippen molar-refractivity contribution >= 4 is 50.5 Å². The molecule has 0 saturated carbocycles. The molecular formula is C11H7BrCl2S. The first-order chi connectivity index (χ1) is 7.16. The van der Waals surface area contributed by atoms with E-state index in [-0.39, 0.29) is 5.38 Å². The molecule has 0 aliphatic rings. The summed E-state index contributed by atoms with van der Waals surface area (Å²) in [6, 6.07) is 11.7. The van der Waals surface area contributed by atoms with E-state index in [1.807, 2.05) is 36.4 Å². The lowest BCUT2D eigenvalue weighted by atomic mass is 10.1. The summed E-state index contributed by atoms with van der Waals surface area (Å²) in [4.78, 5) is 1.13. The van der Waals surface area contributed by atoms with Crippen molar-refractivity contribution in [2.45, 2.75) is 5.38 Å². The first-order valence-corrected chi connectivity index (χ1v) is 6.74. The topological polar surface area (TPSA) is 0 Å². The Morgan fingerprint density at radius 2 is 1.73 bits per heavy atom. The molecule has 1 atom stereocenters. The van der Waals surface area contributed by atoms with Crippen LogP contribution in [0.1, 0.15) is 15.8 Å². The lowest BCUT2D eigenvalue weighted by Crippen LogP contribution is -1.88. The van der Waals surface area contributed by atoms with Gasteiger partial charge in [-0.15, -0.1) is 22.9 Å². The minimum atomic E-state index is -0.0985. The van der Waals surface area contributed by atoms with Gasteiger partial charge in [0.2, 0.25) is 0 Å². The van der Waals surface area contributed by atoms with Crippen molar-refractivity contribution in [3.8, 4) is 0 Å². The second kappa shape index (κ2) is 4.88. The fourth-order valence-corrected chi connectivity index (χ4v) is 3.17. The van der Waals surface area contributed by atoms with Crippen LogP contribution in [0.5, 0.6) is 0 Å². The third-order valence-corrected chi connectivity index (χ3v) is 4.56. The van der Waals surface area contributed by atoms with Crippen LogP contribution in [0.25, 0.3) is 0 Å². The molecule has 1 heterocycles. The number of benzene rings is 1. The van der Waals surface area contributed by atoms with Crippen molar-refractivity contribution in [3.63, 3.8) is 0 Å². The Morgan fingerprint density at radius 1 is 1.07 bits per heavy atom. The molecule has 15 heavy (non-hydrogen) atoms. The maximum Gasteiger partial charge on any atom is 0.0928 e. The average molecular weight is 322 g/mol. The summed E-state index contributed by atoms with van der Waals surface area (Å²) in [6.45, 7) is 0. The lowest BCUT2D eigenvalue weighted by Gasteiger charge is -2.07. The molecule has 0 aliphatic carbocycles. The molecule has 78 valence electrons. The minimum Gasteiger partial charge on any atom is -0.131 e. The summed E-state index contributed by atoms with van der Waals surface area (Å²) >= 11 is 17.2. The van der Waals surface area contributed by atoms with Crippen LogP contribution in [-0.4, -0.2) is 0 Å². The van der Waals surface area contributed by atoms with Crippen molar-refractivity contribution in [1.82, 2.24) is 0 Å². The van der Waals surface area contributed by atoms with Crippen molar-refractivity contribution in [2.24, 2.45) is 0 Å². The summed E-state index contributed by atoms with van der Waals surface area (Å²) in [6.07, 6.45) is 0. The van der Waals surface area contributed by atoms with Crippen LogP contribution in [0, 0.1) is 0 Å². The Kier molecular flexibility index (Phi) is 3.73. The number of rotatable bonds is 2. The van der Waals surface area contributed by atoms with Crippen LogP contribution in [0.2, 0.25) is 5.02 Å². The van der Waals surface area contributed by atoms with E-state index in [2.05, 4.69) is 15.9 Å². The van der Waals surface area contributed by atoms with Crippen molar-refractivity contribution in [1.29, 1.82) is 0 Å². The predicted octanol–water partition coefficient (Wildman–Crippen LogP) is 5.49. The Bertz CT molecular complexity index is 450. The van der Waals surface area contributed by atoms with Gasteiger partial charge in [0.25, 0.3) is 0 Å². The van der Waals surface area contributed by atoms with Gasteiger partial charge in [-0.2, -0.15) is 0 Å². The number of halogens is 3. The Balaban J connectivity index is 2.28. The highest BCUT2D eigenvalue weighted by Gasteiger charge is 2.12. The van der Waals surface area contributed by atoms with E-state index in [9.17, 15) is 0 Å². The van der Waals surface area contributed by atoms with Crippen LogP contribution in [0.15, 0.2) is 40.2 Å². The van der Waals surface area contributed by atoms with Crippen molar-refractivity contribution in [2.75, 3.05) is 0 Å². The van der Waals surface area contributed by atoms with Gasteiger partial charge in [0.05, 0.1) is 9.16 Å². The Morgan fingerprint density at radius 3 is 2.27 bits per heavy atom. The van der Waals surface area contributed by atoms with Crippen molar-refractivity contribution in [3.05, 3.63) is 55.6 Å². The van der Waals surface area contributed by atoms with Gasteiger partial charge in [-0.05, 0) is 45.8 Å². The summed E-state index contributed by atoms with van der Waals surface area (Å²) in [7, 11) is 0. The summed E-state index contributed by atoms with van der Waals surface area (Å²) < 4.78 is 1.09. The molecule has 0 N–H and O–H groups in total. The van der Waals surface area contributed by atoms with Gasteiger partial charge in [-0.25, -0.2) is 0 Å². The van der Waals surface area contributed by atoms with E-state index in [1.54, 1.807) is 11.3 Å². The molecule has 2 aromatic rings. The second-order valence-corrected chi connectivity index (χ2v) is 6.42. The third kappa shape index (κ3) is 2.76. The van der Waals surface area contributed by atoms with Crippen LogP contribution < -0.4 is 0 Å². The molecule has 0 fully saturated rings. The average Bonchev–Trinajstić information content (AvgIpc) is 2.65. The Hall–Kier alpha value is -0.0200. The molecule has 0 saturated heterocycles. The monoisotopic (exact) mass is 320 g/mol. The highest BCUT2D eigenvalue weighted by atomic mass is 79.9. The first-order valence-electron chi connectivity index (χ1n) is 4.31. The largest absolute Gasteiger partial charge is 0.131 e. The molecular weight excluding hydrogens is 315 g/mol. The zero-order valence-corrected chi connectivity index (χ0v) is 11.5. The van der Waals surface area contributed by atoms with Gasteiger partial charge in [0, 0.05) is 9.90 Å². The molecule has 1 aromatic carbocycles. The van der Waals surface area contributed by atoms with Gasteiger partial charge in [-0.3, -0.25) is 0 Å². The van der Waals surface area contributed by atoms with Gasteiger partial charge < -0.3 is 0 Å². The summed E-state index contributed by atoms with van der Waals surface area (Å²) in [5, 5.41) is 0.633. The van der Waals surface area contributed by atoms with Gasteiger partial charge >= 0.3 is 0 Å². The molecule has 0 radical (unpaired) electrons. The molecule has 1 unspecified atom stereocenters. The second-order valence-electron chi connectivity index (χ2n) is 3.06. The number of hydrogen-bond acceptors (Lipinski definition) is 1. The van der Waals surface area contributed by atoms with Crippen molar-refractivity contribution < 1.29 is 0 Å². The van der Waals surface area contributed by atoms with Gasteiger partial charge in [-0.1, -0.05) is 23.7 Å². The SMILES string of the molecule is Clc1ccc(C(Cl)c2ccc(Br)s2)cc1. The number of hydrogen-bond donors (Lipinski definition) is 0. The standard InChI is InChI=1S/C11H7BrCl2S/c12-10-6-5-9(15-10)11(14)7-1-3-8(13)4-2-7/h1-6,11H. The van der Waals surface area contributed by atoms with Crippen LogP contribution in [0.3, 0.4) is 0 Å². The van der Waals surface area contributed by atoms with Crippen LogP contribution in [0.4, 0.5) is 0 Å². The molecule has 0 bridgehead atoms. The van der Waals surface area contributed by atoms with E-state index in [0.717, 1.165) is 19.2 Å². The highest BCUT2D eigenvalue weighted by molar-refractivity contribution is 9.11. The van der Waals surface area contributed by atoms with E-state index in [1.165, 1.54) is 0 Å². The van der Waals surface area contributed by atoms with Gasteiger partial charge in [0.1, 0.15) is 0 Å². The summed E-state index contributed by atoms with van der Waals surface area (Å²) in [5.41, 5.74) is 1.07. The quantitative estimate of drug-likeness (QED) is 0.641. The number of alkyl halides is 1. The predicted molar refractivity (Wildman–Crippen MR) is 71.2 cm³/mol. The van der Waals surface area contributed by atoms with E-state index >= 15 is 0 Å². The van der Waals surface area contributed by atoms with Crippen LogP contribution in [-0.2, 0) is 0 Å². The maximum absolute atomic E-state index is 6.34.